The van der Waals surface area contributed by atoms with Crippen molar-refractivity contribution in [3.63, 3.8) is 0 Å². The fourth-order valence-electron chi connectivity index (χ4n) is 2.72. The summed E-state index contributed by atoms with van der Waals surface area (Å²) in [4.78, 5) is 11.2. The van der Waals surface area contributed by atoms with Gasteiger partial charge in [-0.15, -0.1) is 0 Å². The van der Waals surface area contributed by atoms with Crippen molar-refractivity contribution < 1.29 is 14.6 Å². The van der Waals surface area contributed by atoms with E-state index < -0.39 is 6.10 Å². The summed E-state index contributed by atoms with van der Waals surface area (Å²) in [6.45, 7) is 1.74. The number of Topliss-reactive ketones (excluding diaryl/α,β-unsaturated/α-hetero) is 1. The number of halogens is 1. The predicted molar refractivity (Wildman–Crippen MR) is 79.5 cm³/mol. The molecule has 1 unspecified atom stereocenters. The number of benzene rings is 1. The average Bonchev–Trinajstić information content (AvgIpc) is 2.90. The molecule has 3 nitrogen and oxygen atoms in total. The third kappa shape index (κ3) is 4.22. The Morgan fingerprint density at radius 2 is 2.15 bits per heavy atom. The number of ether oxygens (including phenoxy) is 1. The highest BCUT2D eigenvalue weighted by atomic mass is 35.5. The highest BCUT2D eigenvalue weighted by Crippen LogP contribution is 2.29. The second-order valence-corrected chi connectivity index (χ2v) is 5.96. The van der Waals surface area contributed by atoms with Crippen LogP contribution in [-0.4, -0.2) is 23.6 Å². The van der Waals surface area contributed by atoms with E-state index in [2.05, 4.69) is 0 Å². The lowest BCUT2D eigenvalue weighted by molar-refractivity contribution is 0.0855. The van der Waals surface area contributed by atoms with Gasteiger partial charge in [0.1, 0.15) is 12.4 Å². The van der Waals surface area contributed by atoms with Crippen LogP contribution in [0, 0.1) is 5.92 Å². The maximum absolute atomic E-state index is 11.2. The van der Waals surface area contributed by atoms with Crippen molar-refractivity contribution in [3.8, 4) is 5.75 Å². The molecule has 0 amide bonds. The van der Waals surface area contributed by atoms with Gasteiger partial charge in [-0.05, 0) is 37.5 Å². The van der Waals surface area contributed by atoms with Crippen LogP contribution >= 0.6 is 11.6 Å². The van der Waals surface area contributed by atoms with E-state index in [-0.39, 0.29) is 12.4 Å². The van der Waals surface area contributed by atoms with Crippen LogP contribution in [0.3, 0.4) is 0 Å². The molecule has 2 rings (SSSR count). The van der Waals surface area contributed by atoms with Gasteiger partial charge in [-0.3, -0.25) is 4.79 Å². The summed E-state index contributed by atoms with van der Waals surface area (Å²) in [6.07, 6.45) is 5.31. The number of aliphatic hydroxyl groups is 1. The zero-order valence-electron chi connectivity index (χ0n) is 11.8. The number of hydrogen-bond acceptors (Lipinski definition) is 3. The predicted octanol–water partition coefficient (Wildman–Crippen LogP) is 3.86. The molecule has 20 heavy (non-hydrogen) atoms. The maximum atomic E-state index is 11.2. The minimum atomic E-state index is -0.457. The number of aliphatic hydroxyl groups excluding tert-OH is 1. The van der Waals surface area contributed by atoms with Gasteiger partial charge in [0, 0.05) is 5.56 Å². The second-order valence-electron chi connectivity index (χ2n) is 5.55. The lowest BCUT2D eigenvalue weighted by atomic mass is 10.0. The first-order chi connectivity index (χ1) is 9.56. The molecule has 1 aliphatic rings. The molecule has 1 N–H and O–H groups in total. The first kappa shape index (κ1) is 15.3. The summed E-state index contributed by atoms with van der Waals surface area (Å²) in [6, 6.07) is 4.97. The van der Waals surface area contributed by atoms with E-state index in [1.807, 2.05) is 0 Å². The Balaban J connectivity index is 1.85. The number of carbonyl (C=O) groups excluding carboxylic acids is 1. The van der Waals surface area contributed by atoms with Crippen LogP contribution in [0.2, 0.25) is 5.02 Å². The fraction of sp³-hybridized carbons (Fsp3) is 0.562. The molecule has 0 bridgehead atoms. The summed E-state index contributed by atoms with van der Waals surface area (Å²) in [5, 5.41) is 10.4. The number of ketones is 1. The largest absolute Gasteiger partial charge is 0.489 e. The second kappa shape index (κ2) is 7.09. The Labute approximate surface area is 124 Å². The SMILES string of the molecule is CC(=O)c1ccc(OCC(O)CC2CCCC2)c(Cl)c1. The summed E-state index contributed by atoms with van der Waals surface area (Å²) >= 11 is 6.07. The van der Waals surface area contributed by atoms with Crippen molar-refractivity contribution in [2.24, 2.45) is 5.92 Å². The van der Waals surface area contributed by atoms with E-state index in [0.29, 0.717) is 22.3 Å². The first-order valence-electron chi connectivity index (χ1n) is 7.17. The molecule has 1 aromatic carbocycles. The van der Waals surface area contributed by atoms with Gasteiger partial charge in [-0.1, -0.05) is 37.3 Å². The van der Waals surface area contributed by atoms with Crippen molar-refractivity contribution in [3.05, 3.63) is 28.8 Å². The van der Waals surface area contributed by atoms with Gasteiger partial charge in [0.25, 0.3) is 0 Å². The monoisotopic (exact) mass is 296 g/mol. The van der Waals surface area contributed by atoms with Crippen LogP contribution < -0.4 is 4.74 Å². The van der Waals surface area contributed by atoms with Gasteiger partial charge in [0.15, 0.2) is 5.78 Å². The normalized spacial score (nSPS) is 17.1. The first-order valence-corrected chi connectivity index (χ1v) is 7.55. The van der Waals surface area contributed by atoms with Gasteiger partial charge in [0.2, 0.25) is 0 Å². The summed E-state index contributed by atoms with van der Waals surface area (Å²) < 4.78 is 5.55. The van der Waals surface area contributed by atoms with Crippen molar-refractivity contribution in [2.75, 3.05) is 6.61 Å². The lowest BCUT2D eigenvalue weighted by Gasteiger charge is -2.16. The van der Waals surface area contributed by atoms with Crippen molar-refractivity contribution >= 4 is 17.4 Å². The highest BCUT2D eigenvalue weighted by Gasteiger charge is 2.19. The molecule has 1 aromatic rings. The Morgan fingerprint density at radius 3 is 2.75 bits per heavy atom. The van der Waals surface area contributed by atoms with Crippen molar-refractivity contribution in [2.45, 2.75) is 45.1 Å². The minimum Gasteiger partial charge on any atom is -0.489 e. The number of rotatable bonds is 6. The Kier molecular flexibility index (Phi) is 5.44. The highest BCUT2D eigenvalue weighted by molar-refractivity contribution is 6.32. The Morgan fingerprint density at radius 1 is 1.45 bits per heavy atom. The molecule has 0 aliphatic heterocycles. The van der Waals surface area contributed by atoms with E-state index in [1.54, 1.807) is 18.2 Å². The summed E-state index contributed by atoms with van der Waals surface area (Å²) in [5.41, 5.74) is 0.564. The molecule has 0 heterocycles. The van der Waals surface area contributed by atoms with Gasteiger partial charge < -0.3 is 9.84 Å². The van der Waals surface area contributed by atoms with Gasteiger partial charge >= 0.3 is 0 Å². The third-order valence-corrected chi connectivity index (χ3v) is 4.15. The Hall–Kier alpha value is -1.06. The molecule has 0 saturated heterocycles. The van der Waals surface area contributed by atoms with Crippen LogP contribution in [-0.2, 0) is 0 Å². The molecule has 1 saturated carbocycles. The molecular weight excluding hydrogens is 276 g/mol. The molecule has 0 aromatic heterocycles. The number of carbonyl (C=O) groups is 1. The fourth-order valence-corrected chi connectivity index (χ4v) is 2.96. The summed E-state index contributed by atoms with van der Waals surface area (Å²) in [7, 11) is 0. The standard InChI is InChI=1S/C16H21ClO3/c1-11(18)13-6-7-16(15(17)9-13)20-10-14(19)8-12-4-2-3-5-12/h6-7,9,12,14,19H,2-5,8,10H2,1H3. The van der Waals surface area contributed by atoms with E-state index in [0.717, 1.165) is 6.42 Å². The minimum absolute atomic E-state index is 0.0280. The van der Waals surface area contributed by atoms with Crippen LogP contribution in [0.15, 0.2) is 18.2 Å². The van der Waals surface area contributed by atoms with Crippen molar-refractivity contribution in [1.82, 2.24) is 0 Å². The van der Waals surface area contributed by atoms with Gasteiger partial charge in [-0.2, -0.15) is 0 Å². The zero-order valence-corrected chi connectivity index (χ0v) is 12.5. The molecule has 110 valence electrons. The van der Waals surface area contributed by atoms with Crippen LogP contribution in [0.25, 0.3) is 0 Å². The molecule has 1 aliphatic carbocycles. The third-order valence-electron chi connectivity index (χ3n) is 3.85. The van der Waals surface area contributed by atoms with E-state index >= 15 is 0 Å². The smallest absolute Gasteiger partial charge is 0.159 e. The van der Waals surface area contributed by atoms with Gasteiger partial charge in [0.05, 0.1) is 11.1 Å². The van der Waals surface area contributed by atoms with E-state index in [4.69, 9.17) is 16.3 Å². The van der Waals surface area contributed by atoms with Gasteiger partial charge in [-0.25, -0.2) is 0 Å². The van der Waals surface area contributed by atoms with E-state index in [9.17, 15) is 9.90 Å². The average molecular weight is 297 g/mol. The lowest BCUT2D eigenvalue weighted by Crippen LogP contribution is -2.20. The summed E-state index contributed by atoms with van der Waals surface area (Å²) in [5.74, 6) is 1.12. The molecule has 4 heteroatoms. The van der Waals surface area contributed by atoms with Crippen LogP contribution in [0.5, 0.6) is 5.75 Å². The zero-order chi connectivity index (χ0) is 14.5. The van der Waals surface area contributed by atoms with Crippen molar-refractivity contribution in [1.29, 1.82) is 0 Å². The molecule has 1 fully saturated rings. The topological polar surface area (TPSA) is 46.5 Å². The molecule has 0 radical (unpaired) electrons. The van der Waals surface area contributed by atoms with E-state index in [1.165, 1.54) is 32.6 Å². The molecule has 0 spiro atoms. The molecule has 1 atom stereocenters. The molecular formula is C16H21ClO3. The quantitative estimate of drug-likeness (QED) is 0.811. The maximum Gasteiger partial charge on any atom is 0.159 e. The Bertz CT molecular complexity index is 467. The number of hydrogen-bond donors (Lipinski definition) is 1. The van der Waals surface area contributed by atoms with Crippen LogP contribution in [0.4, 0.5) is 0 Å². The van der Waals surface area contributed by atoms with Crippen LogP contribution in [0.1, 0.15) is 49.4 Å².